The third-order valence-corrected chi connectivity index (χ3v) is 6.80. The standard InChI is InChI=1S/C28H27ClN4O2S/c1-28(2,3)21-13-9-19(10-14-21)24(34)30-23(17-18-7-5-4-6-8-18)25(35)31-27-33-32-26(36-27)20-11-15-22(29)16-12-20/h4-16,23H,17H2,1-3H3,(H,30,34)(H,31,33,35)/t23-/m0/s1. The summed E-state index contributed by atoms with van der Waals surface area (Å²) in [5.74, 6) is -0.678. The molecule has 184 valence electrons. The zero-order valence-electron chi connectivity index (χ0n) is 20.3. The van der Waals surface area contributed by atoms with Crippen LogP contribution in [0, 0.1) is 0 Å². The van der Waals surface area contributed by atoms with Crippen LogP contribution in [0.2, 0.25) is 5.02 Å². The molecule has 0 radical (unpaired) electrons. The highest BCUT2D eigenvalue weighted by molar-refractivity contribution is 7.18. The summed E-state index contributed by atoms with van der Waals surface area (Å²) >= 11 is 7.22. The molecule has 0 unspecified atom stereocenters. The summed E-state index contributed by atoms with van der Waals surface area (Å²) in [5, 5.41) is 15.6. The molecule has 0 fully saturated rings. The number of carbonyl (C=O) groups excluding carboxylic acids is 2. The number of hydrogen-bond acceptors (Lipinski definition) is 5. The lowest BCUT2D eigenvalue weighted by Gasteiger charge is -2.20. The predicted octanol–water partition coefficient (Wildman–Crippen LogP) is 6.14. The van der Waals surface area contributed by atoms with Crippen LogP contribution < -0.4 is 10.6 Å². The van der Waals surface area contributed by atoms with Gasteiger partial charge in [0.2, 0.25) is 11.0 Å². The van der Waals surface area contributed by atoms with Gasteiger partial charge in [0.15, 0.2) is 0 Å². The second-order valence-electron chi connectivity index (χ2n) is 9.45. The van der Waals surface area contributed by atoms with Crippen LogP contribution in [0.15, 0.2) is 78.9 Å². The van der Waals surface area contributed by atoms with E-state index in [0.29, 0.717) is 27.1 Å². The van der Waals surface area contributed by atoms with E-state index in [1.54, 1.807) is 24.3 Å². The van der Waals surface area contributed by atoms with Gasteiger partial charge in [-0.15, -0.1) is 10.2 Å². The molecule has 6 nitrogen and oxygen atoms in total. The Labute approximate surface area is 219 Å². The van der Waals surface area contributed by atoms with Crippen molar-refractivity contribution in [1.82, 2.24) is 15.5 Å². The molecule has 0 saturated heterocycles. The molecule has 2 amide bonds. The molecule has 36 heavy (non-hydrogen) atoms. The molecular formula is C28H27ClN4O2S. The van der Waals surface area contributed by atoms with E-state index in [1.807, 2.05) is 54.6 Å². The first kappa shape index (κ1) is 25.5. The zero-order valence-corrected chi connectivity index (χ0v) is 21.9. The van der Waals surface area contributed by atoms with E-state index >= 15 is 0 Å². The molecule has 0 bridgehead atoms. The van der Waals surface area contributed by atoms with Crippen molar-refractivity contribution >= 4 is 39.9 Å². The van der Waals surface area contributed by atoms with Crippen LogP contribution >= 0.6 is 22.9 Å². The van der Waals surface area contributed by atoms with Crippen molar-refractivity contribution in [2.75, 3.05) is 5.32 Å². The fourth-order valence-electron chi connectivity index (χ4n) is 3.60. The predicted molar refractivity (Wildman–Crippen MR) is 146 cm³/mol. The maximum absolute atomic E-state index is 13.3. The smallest absolute Gasteiger partial charge is 0.251 e. The van der Waals surface area contributed by atoms with E-state index in [4.69, 9.17) is 11.6 Å². The van der Waals surface area contributed by atoms with Crippen LogP contribution in [0.25, 0.3) is 10.6 Å². The molecule has 0 aliphatic carbocycles. The van der Waals surface area contributed by atoms with E-state index in [1.165, 1.54) is 11.3 Å². The highest BCUT2D eigenvalue weighted by atomic mass is 35.5. The van der Waals surface area contributed by atoms with Gasteiger partial charge in [-0.25, -0.2) is 0 Å². The summed E-state index contributed by atoms with van der Waals surface area (Å²) in [6, 6.07) is 23.5. The summed E-state index contributed by atoms with van der Waals surface area (Å²) in [6.45, 7) is 6.36. The third-order valence-electron chi connectivity index (χ3n) is 5.66. The van der Waals surface area contributed by atoms with Crippen LogP contribution in [0.3, 0.4) is 0 Å². The molecule has 0 aliphatic rings. The Morgan fingerprint density at radius 2 is 1.58 bits per heavy atom. The Morgan fingerprint density at radius 3 is 2.22 bits per heavy atom. The summed E-state index contributed by atoms with van der Waals surface area (Å²) in [7, 11) is 0. The average Bonchev–Trinajstić information content (AvgIpc) is 3.32. The van der Waals surface area contributed by atoms with Crippen molar-refractivity contribution in [1.29, 1.82) is 0 Å². The first-order chi connectivity index (χ1) is 17.2. The van der Waals surface area contributed by atoms with Gasteiger partial charge in [0.25, 0.3) is 5.91 Å². The molecule has 1 atom stereocenters. The van der Waals surface area contributed by atoms with Crippen LogP contribution in [0.1, 0.15) is 42.3 Å². The largest absolute Gasteiger partial charge is 0.340 e. The number of benzene rings is 3. The number of amides is 2. The summed E-state index contributed by atoms with van der Waals surface area (Å²) in [4.78, 5) is 26.3. The number of carbonyl (C=O) groups is 2. The molecule has 2 N–H and O–H groups in total. The van der Waals surface area contributed by atoms with Crippen LogP contribution in [0.4, 0.5) is 5.13 Å². The van der Waals surface area contributed by atoms with Gasteiger partial charge in [0.05, 0.1) is 0 Å². The molecule has 3 aromatic carbocycles. The maximum atomic E-state index is 13.3. The number of hydrogen-bond donors (Lipinski definition) is 2. The number of aromatic nitrogens is 2. The lowest BCUT2D eigenvalue weighted by atomic mass is 9.86. The van der Waals surface area contributed by atoms with Crippen molar-refractivity contribution in [3.05, 3.63) is 101 Å². The van der Waals surface area contributed by atoms with E-state index in [0.717, 1.165) is 16.7 Å². The maximum Gasteiger partial charge on any atom is 0.251 e. The number of halogens is 1. The van der Waals surface area contributed by atoms with Gasteiger partial charge in [0.1, 0.15) is 11.0 Å². The second-order valence-corrected chi connectivity index (χ2v) is 10.9. The van der Waals surface area contributed by atoms with E-state index in [2.05, 4.69) is 41.6 Å². The monoisotopic (exact) mass is 518 g/mol. The highest BCUT2D eigenvalue weighted by Crippen LogP contribution is 2.27. The molecule has 0 aliphatic heterocycles. The number of rotatable bonds is 7. The van der Waals surface area contributed by atoms with Gasteiger partial charge in [-0.3, -0.25) is 14.9 Å². The Bertz CT molecular complexity index is 1330. The van der Waals surface area contributed by atoms with Crippen LogP contribution in [-0.4, -0.2) is 28.1 Å². The van der Waals surface area contributed by atoms with Crippen LogP contribution in [0.5, 0.6) is 0 Å². The van der Waals surface area contributed by atoms with Gasteiger partial charge >= 0.3 is 0 Å². The van der Waals surface area contributed by atoms with Crippen molar-refractivity contribution < 1.29 is 9.59 Å². The molecule has 1 heterocycles. The molecule has 8 heteroatoms. The minimum Gasteiger partial charge on any atom is -0.340 e. The average molecular weight is 519 g/mol. The minimum atomic E-state index is -0.801. The Balaban J connectivity index is 1.50. The quantitative estimate of drug-likeness (QED) is 0.308. The van der Waals surface area contributed by atoms with Crippen LogP contribution in [-0.2, 0) is 16.6 Å². The van der Waals surface area contributed by atoms with Gasteiger partial charge in [-0.05, 0) is 40.8 Å². The van der Waals surface area contributed by atoms with Gasteiger partial charge in [-0.2, -0.15) is 0 Å². The molecule has 4 aromatic rings. The lowest BCUT2D eigenvalue weighted by Crippen LogP contribution is -2.45. The normalized spacial score (nSPS) is 12.1. The third kappa shape index (κ3) is 6.56. The number of nitrogens with one attached hydrogen (secondary N) is 2. The van der Waals surface area contributed by atoms with Crippen molar-refractivity contribution in [2.45, 2.75) is 38.6 Å². The van der Waals surface area contributed by atoms with E-state index in [9.17, 15) is 9.59 Å². The minimum absolute atomic E-state index is 0.0165. The number of anilines is 1. The molecule has 1 aromatic heterocycles. The number of nitrogens with zero attached hydrogens (tertiary/aromatic N) is 2. The van der Waals surface area contributed by atoms with Crippen molar-refractivity contribution in [2.24, 2.45) is 0 Å². The van der Waals surface area contributed by atoms with Gasteiger partial charge in [-0.1, -0.05) is 98.3 Å². The first-order valence-corrected chi connectivity index (χ1v) is 12.7. The molecule has 4 rings (SSSR count). The van der Waals surface area contributed by atoms with Gasteiger partial charge in [0, 0.05) is 22.6 Å². The van der Waals surface area contributed by atoms with Gasteiger partial charge < -0.3 is 5.32 Å². The Kier molecular flexibility index (Phi) is 7.82. The fourth-order valence-corrected chi connectivity index (χ4v) is 4.48. The Hall–Kier alpha value is -3.55. The lowest BCUT2D eigenvalue weighted by molar-refractivity contribution is -0.118. The van der Waals surface area contributed by atoms with Crippen molar-refractivity contribution in [3.63, 3.8) is 0 Å². The van der Waals surface area contributed by atoms with Crippen molar-refractivity contribution in [3.8, 4) is 10.6 Å². The SMILES string of the molecule is CC(C)(C)c1ccc(C(=O)N[C@@H](Cc2ccccc2)C(=O)Nc2nnc(-c3ccc(Cl)cc3)s2)cc1. The van der Waals surface area contributed by atoms with E-state index in [-0.39, 0.29) is 17.2 Å². The molecule has 0 saturated carbocycles. The zero-order chi connectivity index (χ0) is 25.7. The summed E-state index contributed by atoms with van der Waals surface area (Å²) in [5.41, 5.74) is 3.39. The van der Waals surface area contributed by atoms with E-state index < -0.39 is 6.04 Å². The Morgan fingerprint density at radius 1 is 0.917 bits per heavy atom. The topological polar surface area (TPSA) is 84.0 Å². The molecular weight excluding hydrogens is 492 g/mol. The second kappa shape index (κ2) is 11.0. The fraction of sp³-hybridized carbons (Fsp3) is 0.214. The molecule has 0 spiro atoms. The highest BCUT2D eigenvalue weighted by Gasteiger charge is 2.24. The summed E-state index contributed by atoms with van der Waals surface area (Å²) in [6.07, 6.45) is 0.335. The first-order valence-electron chi connectivity index (χ1n) is 11.5. The summed E-state index contributed by atoms with van der Waals surface area (Å²) < 4.78 is 0.